The van der Waals surface area contributed by atoms with Crippen molar-refractivity contribution in [2.75, 3.05) is 34.3 Å². The number of aliphatic hydroxyl groups excluding tert-OH is 1. The number of carbonyl (C=O) groups is 5. The van der Waals surface area contributed by atoms with E-state index >= 15 is 0 Å². The predicted molar refractivity (Wildman–Crippen MR) is 204 cm³/mol. The van der Waals surface area contributed by atoms with E-state index in [1.807, 2.05) is 25.9 Å². The fourth-order valence-corrected chi connectivity index (χ4v) is 7.89. The van der Waals surface area contributed by atoms with Crippen LogP contribution in [0.1, 0.15) is 85.0 Å². The van der Waals surface area contributed by atoms with Crippen molar-refractivity contribution in [2.45, 2.75) is 129 Å². The van der Waals surface area contributed by atoms with Crippen molar-refractivity contribution in [3.05, 3.63) is 29.8 Å². The number of hydrogen-bond acceptors (Lipinski definition) is 14. The van der Waals surface area contributed by atoms with Crippen LogP contribution >= 0.6 is 0 Å². The van der Waals surface area contributed by atoms with Gasteiger partial charge in [-0.2, -0.15) is 0 Å². The first-order chi connectivity index (χ1) is 26.1. The Morgan fingerprint density at radius 1 is 0.982 bits per heavy atom. The molecule has 2 aliphatic rings. The number of benzene rings is 1. The van der Waals surface area contributed by atoms with E-state index in [0.717, 1.165) is 0 Å². The number of aromatic hydroxyl groups is 1. The second kappa shape index (κ2) is 19.7. The molecule has 0 saturated carbocycles. The summed E-state index contributed by atoms with van der Waals surface area (Å²) in [5.74, 6) is -6.86. The molecule has 2 heterocycles. The third kappa shape index (κ3) is 11.0. The topological polar surface area (TPSA) is 219 Å². The number of aliphatic hydroxyl groups is 2. The Bertz CT molecular complexity index is 1540. The number of likely N-dealkylation sites (N-methyl/N-ethyl adjacent to an activating group) is 1. The van der Waals surface area contributed by atoms with Crippen LogP contribution < -0.4 is 10.6 Å². The van der Waals surface area contributed by atoms with E-state index in [9.17, 15) is 39.3 Å². The Morgan fingerprint density at radius 3 is 2.20 bits per heavy atom. The summed E-state index contributed by atoms with van der Waals surface area (Å²) in [4.78, 5) is 69.7. The quantitative estimate of drug-likeness (QED) is 0.131. The largest absolute Gasteiger partial charge is 0.508 e. The number of alkyl carbamates (subject to hydrolysis) is 1. The number of hydrogen-bond donors (Lipinski definition) is 5. The molecule has 1 aromatic rings. The van der Waals surface area contributed by atoms with Gasteiger partial charge < -0.3 is 54.5 Å². The van der Waals surface area contributed by atoms with Crippen molar-refractivity contribution < 1.29 is 63.0 Å². The van der Waals surface area contributed by atoms with Gasteiger partial charge in [0.25, 0.3) is 5.91 Å². The van der Waals surface area contributed by atoms with Crippen LogP contribution in [0, 0.1) is 23.7 Å². The number of methoxy groups -OCH3 is 1. The molecule has 1 aromatic carbocycles. The standard InChI is InChI=1S/C40H63N3O13/c1-12-29-40(8,51)34(56-38(50)42-17-16-41-35(48)26-14-13-15-27(44)19-26)23(4)30(45)21(2)20-39(7,52-11)33(24(5)31(46)25(6)36(49)54-29)55-37-32(47)28(43(9)10)18-22(3)53-37/h13-15,19,21-25,28-29,32-34,37,44,47,51H,12,16-18,20H2,1-11H3,(H,41,48)(H,42,50)/t21-,22-,23+,24+,25-,28+,29-,32-,33-,34-,37+,39-,40-/m1/s1. The van der Waals surface area contributed by atoms with E-state index in [2.05, 4.69) is 10.6 Å². The van der Waals surface area contributed by atoms with Gasteiger partial charge in [-0.05, 0) is 79.3 Å². The molecule has 2 aliphatic heterocycles. The lowest BCUT2D eigenvalue weighted by molar-refractivity contribution is -0.295. The van der Waals surface area contributed by atoms with E-state index < -0.39 is 95.1 Å². The molecular formula is C40H63N3O13. The highest BCUT2D eigenvalue weighted by atomic mass is 16.7. The van der Waals surface area contributed by atoms with Crippen LogP contribution in [0.15, 0.2) is 24.3 Å². The first-order valence-electron chi connectivity index (χ1n) is 19.3. The van der Waals surface area contributed by atoms with E-state index in [1.165, 1.54) is 52.1 Å². The molecule has 0 bridgehead atoms. The minimum absolute atomic E-state index is 0.0135. The minimum Gasteiger partial charge on any atom is -0.508 e. The SMILES string of the molecule is CC[C@H]1OC(=O)[C@H](C)C(=O)[C@H](C)[C@@H](O[C@@H]2O[C@H](C)C[C@H](N(C)C)[C@H]2O)[C@](C)(OC)C[C@@H](C)C(=O)[C@H](C)[C@@H](OC(=O)NCCNC(=O)c2cccc(O)c2)[C@]1(C)O. The van der Waals surface area contributed by atoms with Crippen LogP contribution in [0.25, 0.3) is 0 Å². The van der Waals surface area contributed by atoms with Gasteiger partial charge >= 0.3 is 12.1 Å². The Kier molecular flexibility index (Phi) is 16.4. The van der Waals surface area contributed by atoms with Gasteiger partial charge in [0.1, 0.15) is 41.4 Å². The number of phenols is 1. The Labute approximate surface area is 329 Å². The summed E-state index contributed by atoms with van der Waals surface area (Å²) in [6.45, 7) is 12.5. The van der Waals surface area contributed by atoms with Crippen LogP contribution in [0.3, 0.4) is 0 Å². The fraction of sp³-hybridized carbons (Fsp3) is 0.725. The van der Waals surface area contributed by atoms with Crippen molar-refractivity contribution >= 4 is 29.5 Å². The van der Waals surface area contributed by atoms with Gasteiger partial charge in [0.2, 0.25) is 0 Å². The zero-order valence-corrected chi connectivity index (χ0v) is 34.6. The highest BCUT2D eigenvalue weighted by molar-refractivity contribution is 6.00. The zero-order valence-electron chi connectivity index (χ0n) is 34.6. The first kappa shape index (κ1) is 46.7. The van der Waals surface area contributed by atoms with Crippen LogP contribution in [0.2, 0.25) is 0 Å². The van der Waals surface area contributed by atoms with Gasteiger partial charge in [-0.25, -0.2) is 4.79 Å². The minimum atomic E-state index is -2.12. The van der Waals surface area contributed by atoms with E-state index in [1.54, 1.807) is 27.7 Å². The highest BCUT2D eigenvalue weighted by Gasteiger charge is 2.53. The van der Waals surface area contributed by atoms with Gasteiger partial charge in [0.15, 0.2) is 12.1 Å². The molecule has 13 atom stereocenters. The Balaban J connectivity index is 1.95. The number of cyclic esters (lactones) is 1. The summed E-state index contributed by atoms with van der Waals surface area (Å²) in [5, 5.41) is 38.2. The number of amides is 2. The Hall–Kier alpha value is -3.67. The fourth-order valence-electron chi connectivity index (χ4n) is 7.89. The lowest BCUT2D eigenvalue weighted by Crippen LogP contribution is -2.60. The average molecular weight is 794 g/mol. The van der Waals surface area contributed by atoms with Crippen LogP contribution in [-0.2, 0) is 38.1 Å². The van der Waals surface area contributed by atoms with Crippen LogP contribution in [0.5, 0.6) is 5.75 Å². The summed E-state index contributed by atoms with van der Waals surface area (Å²) in [6, 6.07) is 5.42. The lowest BCUT2D eigenvalue weighted by Gasteiger charge is -2.47. The molecule has 0 aromatic heterocycles. The third-order valence-electron chi connectivity index (χ3n) is 11.3. The second-order valence-electron chi connectivity index (χ2n) is 16.0. The molecular weight excluding hydrogens is 730 g/mol. The maximum Gasteiger partial charge on any atom is 0.407 e. The van der Waals surface area contributed by atoms with Crippen molar-refractivity contribution in [3.63, 3.8) is 0 Å². The Morgan fingerprint density at radius 2 is 1.61 bits per heavy atom. The van der Waals surface area contributed by atoms with Gasteiger partial charge in [-0.3, -0.25) is 19.2 Å². The molecule has 16 nitrogen and oxygen atoms in total. The maximum absolute atomic E-state index is 14.3. The number of phenolic OH excluding ortho intramolecular Hbond substituents is 1. The van der Waals surface area contributed by atoms with Gasteiger partial charge in [-0.15, -0.1) is 0 Å². The predicted octanol–water partition coefficient (Wildman–Crippen LogP) is 2.59. The van der Waals surface area contributed by atoms with Gasteiger partial charge in [-0.1, -0.05) is 33.8 Å². The summed E-state index contributed by atoms with van der Waals surface area (Å²) in [6.07, 6.45) is -7.06. The van der Waals surface area contributed by atoms with Crippen LogP contribution in [0.4, 0.5) is 4.79 Å². The first-order valence-corrected chi connectivity index (χ1v) is 19.3. The highest BCUT2D eigenvalue weighted by Crippen LogP contribution is 2.39. The molecule has 0 aliphatic carbocycles. The van der Waals surface area contributed by atoms with E-state index in [-0.39, 0.29) is 49.4 Å². The average Bonchev–Trinajstić information content (AvgIpc) is 3.15. The number of nitrogens with one attached hydrogen (secondary N) is 2. The van der Waals surface area contributed by atoms with Crippen molar-refractivity contribution in [3.8, 4) is 5.75 Å². The molecule has 2 amide bonds. The number of nitrogens with zero attached hydrogens (tertiary/aromatic N) is 1. The molecule has 0 unspecified atom stereocenters. The molecule has 56 heavy (non-hydrogen) atoms. The number of carbonyl (C=O) groups excluding carboxylic acids is 5. The van der Waals surface area contributed by atoms with Crippen molar-refractivity contribution in [2.24, 2.45) is 23.7 Å². The molecule has 2 fully saturated rings. The van der Waals surface area contributed by atoms with Crippen LogP contribution in [-0.4, -0.2) is 138 Å². The molecule has 3 rings (SSSR count). The van der Waals surface area contributed by atoms with Gasteiger partial charge in [0.05, 0.1) is 23.7 Å². The number of Topliss-reactive ketones (excluding diaryl/α,β-unsaturated/α-hetero) is 2. The molecule has 0 spiro atoms. The molecule has 5 N–H and O–H groups in total. The third-order valence-corrected chi connectivity index (χ3v) is 11.3. The van der Waals surface area contributed by atoms with E-state index in [4.69, 9.17) is 23.7 Å². The molecule has 2 saturated heterocycles. The number of rotatable bonds is 10. The van der Waals surface area contributed by atoms with Crippen molar-refractivity contribution in [1.29, 1.82) is 0 Å². The summed E-state index contributed by atoms with van der Waals surface area (Å²) >= 11 is 0. The number of esters is 1. The maximum atomic E-state index is 14.3. The zero-order chi connectivity index (χ0) is 42.3. The monoisotopic (exact) mass is 793 g/mol. The smallest absolute Gasteiger partial charge is 0.407 e. The normalized spacial score (nSPS) is 36.3. The van der Waals surface area contributed by atoms with Gasteiger partial charge in [0, 0.05) is 43.6 Å². The van der Waals surface area contributed by atoms with Crippen molar-refractivity contribution in [1.82, 2.24) is 15.5 Å². The second-order valence-corrected chi connectivity index (χ2v) is 16.0. The summed E-state index contributed by atoms with van der Waals surface area (Å²) in [7, 11) is 5.08. The summed E-state index contributed by atoms with van der Waals surface area (Å²) in [5.41, 5.74) is -3.28. The number of ketones is 2. The van der Waals surface area contributed by atoms with E-state index in [0.29, 0.717) is 6.42 Å². The number of ether oxygens (including phenoxy) is 5. The summed E-state index contributed by atoms with van der Waals surface area (Å²) < 4.78 is 30.2. The lowest BCUT2D eigenvalue weighted by atomic mass is 9.74. The molecule has 316 valence electrons. The molecule has 0 radical (unpaired) electrons. The molecule has 16 heteroatoms.